The minimum Gasteiger partial charge on any atom is -0.478 e. The second kappa shape index (κ2) is 7.91. The van der Waals surface area contributed by atoms with E-state index in [-0.39, 0.29) is 17.5 Å². The smallest absolute Gasteiger partial charge is 0.266 e. The lowest BCUT2D eigenvalue weighted by atomic mass is 10.0. The van der Waals surface area contributed by atoms with Gasteiger partial charge in [0.25, 0.3) is 5.91 Å². The van der Waals surface area contributed by atoms with Gasteiger partial charge < -0.3 is 9.64 Å². The van der Waals surface area contributed by atoms with Crippen molar-refractivity contribution in [2.24, 2.45) is 0 Å². The summed E-state index contributed by atoms with van der Waals surface area (Å²) in [5.74, 6) is -0.0595. The lowest BCUT2D eigenvalue weighted by Gasteiger charge is -2.34. The third kappa shape index (κ3) is 4.54. The topological polar surface area (TPSA) is 46.6 Å². The van der Waals surface area contributed by atoms with Crippen LogP contribution in [0.1, 0.15) is 49.0 Å². The molecule has 1 aliphatic heterocycles. The van der Waals surface area contributed by atoms with E-state index in [0.29, 0.717) is 16.9 Å². The Bertz CT molecular complexity index is 806. The van der Waals surface area contributed by atoms with Crippen molar-refractivity contribution in [1.82, 2.24) is 4.90 Å². The van der Waals surface area contributed by atoms with Gasteiger partial charge >= 0.3 is 0 Å². The zero-order valence-corrected chi connectivity index (χ0v) is 15.7. The molecule has 0 aliphatic carbocycles. The van der Waals surface area contributed by atoms with Crippen molar-refractivity contribution in [2.75, 3.05) is 13.1 Å². The van der Waals surface area contributed by atoms with Gasteiger partial charge in [0.2, 0.25) is 0 Å². The Labute approximate surface area is 158 Å². The van der Waals surface area contributed by atoms with Crippen LogP contribution in [0.2, 0.25) is 0 Å². The maximum Gasteiger partial charge on any atom is 0.266 e. The number of hydrogen-bond donors (Lipinski definition) is 0. The summed E-state index contributed by atoms with van der Waals surface area (Å²) < 4.78 is 18.9. The van der Waals surface area contributed by atoms with Gasteiger partial charge in [0.15, 0.2) is 11.4 Å². The van der Waals surface area contributed by atoms with Gasteiger partial charge in [0, 0.05) is 24.2 Å². The molecule has 0 saturated carbocycles. The molecule has 142 valence electrons. The van der Waals surface area contributed by atoms with E-state index >= 15 is 0 Å². The molecule has 0 spiro atoms. The molecule has 3 rings (SSSR count). The van der Waals surface area contributed by atoms with Crippen LogP contribution in [-0.2, 0) is 4.79 Å². The molecule has 1 amide bonds. The quantitative estimate of drug-likeness (QED) is 0.741. The van der Waals surface area contributed by atoms with Crippen LogP contribution in [0.25, 0.3) is 0 Å². The van der Waals surface area contributed by atoms with Crippen LogP contribution < -0.4 is 4.74 Å². The van der Waals surface area contributed by atoms with E-state index in [1.54, 1.807) is 38.1 Å². The Morgan fingerprint density at radius 2 is 1.41 bits per heavy atom. The highest BCUT2D eigenvalue weighted by Crippen LogP contribution is 2.23. The molecule has 0 radical (unpaired) electrons. The molecule has 0 aromatic heterocycles. The van der Waals surface area contributed by atoms with Crippen molar-refractivity contribution < 1.29 is 18.7 Å². The minimum atomic E-state index is -0.972. The Balaban J connectivity index is 1.68. The van der Waals surface area contributed by atoms with Crippen molar-refractivity contribution in [1.29, 1.82) is 0 Å². The average molecular weight is 369 g/mol. The van der Waals surface area contributed by atoms with E-state index in [4.69, 9.17) is 4.74 Å². The number of ether oxygens (including phenoxy) is 1. The number of carbonyl (C=O) groups excluding carboxylic acids is 2. The summed E-state index contributed by atoms with van der Waals surface area (Å²) in [5, 5.41) is 0. The van der Waals surface area contributed by atoms with Gasteiger partial charge in [0.05, 0.1) is 0 Å². The molecule has 1 aliphatic rings. The van der Waals surface area contributed by atoms with E-state index < -0.39 is 5.60 Å². The highest BCUT2D eigenvalue weighted by atomic mass is 19.1. The molecular formula is C22H24FNO3. The van der Waals surface area contributed by atoms with Crippen LogP contribution in [0, 0.1) is 5.82 Å². The maximum absolute atomic E-state index is 13.0. The Hall–Kier alpha value is -2.69. The Kier molecular flexibility index (Phi) is 5.59. The number of nitrogens with zero attached hydrogens (tertiary/aromatic N) is 1. The second-order valence-electron chi connectivity index (χ2n) is 7.33. The lowest BCUT2D eigenvalue weighted by molar-refractivity contribution is -0.146. The number of hydrogen-bond acceptors (Lipinski definition) is 3. The van der Waals surface area contributed by atoms with Crippen molar-refractivity contribution in [3.05, 3.63) is 65.5 Å². The van der Waals surface area contributed by atoms with Crippen LogP contribution in [0.15, 0.2) is 48.5 Å². The summed E-state index contributed by atoms with van der Waals surface area (Å²) in [6.07, 6.45) is 3.22. The van der Waals surface area contributed by atoms with Gasteiger partial charge in [0.1, 0.15) is 11.6 Å². The van der Waals surface area contributed by atoms with Gasteiger partial charge in [-0.3, -0.25) is 9.59 Å². The summed E-state index contributed by atoms with van der Waals surface area (Å²) in [4.78, 5) is 27.0. The van der Waals surface area contributed by atoms with Crippen LogP contribution in [0.3, 0.4) is 0 Å². The molecule has 2 aromatic carbocycles. The fourth-order valence-corrected chi connectivity index (χ4v) is 3.26. The first-order chi connectivity index (χ1) is 12.9. The van der Waals surface area contributed by atoms with Crippen LogP contribution >= 0.6 is 0 Å². The minimum absolute atomic E-state index is 0.0198. The molecule has 4 nitrogen and oxygen atoms in total. The normalized spacial score (nSPS) is 14.7. The highest BCUT2D eigenvalue weighted by molar-refractivity contribution is 6.09. The monoisotopic (exact) mass is 369 g/mol. The van der Waals surface area contributed by atoms with Crippen LogP contribution in [0.5, 0.6) is 5.75 Å². The van der Waals surface area contributed by atoms with E-state index in [1.807, 2.05) is 4.90 Å². The number of carbonyl (C=O) groups is 2. The molecule has 1 heterocycles. The predicted octanol–water partition coefficient (Wildman–Crippen LogP) is 4.23. The molecule has 1 fully saturated rings. The number of ketones is 1. The largest absolute Gasteiger partial charge is 0.478 e. The van der Waals surface area contributed by atoms with E-state index in [2.05, 4.69) is 0 Å². The molecule has 0 bridgehead atoms. The first kappa shape index (κ1) is 19.1. The average Bonchev–Trinajstić information content (AvgIpc) is 2.68. The Morgan fingerprint density at radius 1 is 0.889 bits per heavy atom. The number of halogens is 1. The summed E-state index contributed by atoms with van der Waals surface area (Å²) in [7, 11) is 0. The van der Waals surface area contributed by atoms with E-state index in [0.717, 1.165) is 32.4 Å². The molecule has 0 N–H and O–H groups in total. The SMILES string of the molecule is CC(C)(Oc1ccc(C(=O)c2ccc(F)cc2)cc1)C(=O)N1CCCCC1. The van der Waals surface area contributed by atoms with Gasteiger partial charge in [-0.2, -0.15) is 0 Å². The number of piperidine rings is 1. The first-order valence-electron chi connectivity index (χ1n) is 9.25. The lowest BCUT2D eigenvalue weighted by Crippen LogP contribution is -2.50. The standard InChI is InChI=1S/C22H24FNO3/c1-22(2,21(26)24-14-4-3-5-15-24)27-19-12-8-17(9-13-19)20(25)16-6-10-18(23)11-7-16/h6-13H,3-5,14-15H2,1-2H3. The van der Waals surface area contributed by atoms with Crippen molar-refractivity contribution >= 4 is 11.7 Å². The fraction of sp³-hybridized carbons (Fsp3) is 0.364. The molecule has 1 saturated heterocycles. The van der Waals surface area contributed by atoms with E-state index in [9.17, 15) is 14.0 Å². The zero-order chi connectivity index (χ0) is 19.4. The van der Waals surface area contributed by atoms with Gasteiger partial charge in [-0.15, -0.1) is 0 Å². The molecular weight excluding hydrogens is 345 g/mol. The third-order valence-corrected chi connectivity index (χ3v) is 4.75. The van der Waals surface area contributed by atoms with E-state index in [1.165, 1.54) is 24.3 Å². The summed E-state index contributed by atoms with van der Waals surface area (Å²) in [6.45, 7) is 5.08. The van der Waals surface area contributed by atoms with Crippen LogP contribution in [-0.4, -0.2) is 35.3 Å². The zero-order valence-electron chi connectivity index (χ0n) is 15.7. The second-order valence-corrected chi connectivity index (χ2v) is 7.33. The van der Waals surface area contributed by atoms with Gasteiger partial charge in [-0.05, 0) is 81.6 Å². The van der Waals surface area contributed by atoms with Crippen LogP contribution in [0.4, 0.5) is 4.39 Å². The maximum atomic E-state index is 13.0. The first-order valence-corrected chi connectivity index (χ1v) is 9.25. The third-order valence-electron chi connectivity index (χ3n) is 4.75. The predicted molar refractivity (Wildman–Crippen MR) is 101 cm³/mol. The van der Waals surface area contributed by atoms with Crippen molar-refractivity contribution in [3.8, 4) is 5.75 Å². The summed E-state index contributed by atoms with van der Waals surface area (Å²) in [5.41, 5.74) is -0.0698. The van der Waals surface area contributed by atoms with Gasteiger partial charge in [-0.25, -0.2) is 4.39 Å². The molecule has 0 unspecified atom stereocenters. The number of likely N-dealkylation sites (tertiary alicyclic amines) is 1. The van der Waals surface area contributed by atoms with Crippen molar-refractivity contribution in [2.45, 2.75) is 38.7 Å². The number of amides is 1. The Morgan fingerprint density at radius 3 is 1.96 bits per heavy atom. The summed E-state index contributed by atoms with van der Waals surface area (Å²) in [6, 6.07) is 12.1. The summed E-state index contributed by atoms with van der Waals surface area (Å²) >= 11 is 0. The fourth-order valence-electron chi connectivity index (χ4n) is 3.26. The molecule has 5 heteroatoms. The molecule has 2 aromatic rings. The molecule has 0 atom stereocenters. The number of rotatable bonds is 5. The van der Waals surface area contributed by atoms with Gasteiger partial charge in [-0.1, -0.05) is 0 Å². The molecule has 27 heavy (non-hydrogen) atoms. The number of benzene rings is 2. The highest BCUT2D eigenvalue weighted by Gasteiger charge is 2.34. The van der Waals surface area contributed by atoms with Crippen molar-refractivity contribution in [3.63, 3.8) is 0 Å².